The van der Waals surface area contributed by atoms with Gasteiger partial charge in [0.25, 0.3) is 5.91 Å². The van der Waals surface area contributed by atoms with Gasteiger partial charge in [-0.25, -0.2) is 0 Å². The number of carbonyl (C=O) groups excluding carboxylic acids is 1. The van der Waals surface area contributed by atoms with Crippen LogP contribution in [0.2, 0.25) is 0 Å². The lowest BCUT2D eigenvalue weighted by Crippen LogP contribution is -2.46. The average molecular weight is 405 g/mol. The zero-order chi connectivity index (χ0) is 21.7. The number of carbonyl (C=O) groups is 1. The van der Waals surface area contributed by atoms with Crippen molar-refractivity contribution in [2.45, 2.75) is 77.9 Å². The third-order valence-electron chi connectivity index (χ3n) is 7.70. The van der Waals surface area contributed by atoms with Crippen LogP contribution in [0.3, 0.4) is 0 Å². The molecule has 5 atom stereocenters. The zero-order valence-electron chi connectivity index (χ0n) is 17.9. The van der Waals surface area contributed by atoms with E-state index >= 15 is 0 Å². The molecule has 0 spiro atoms. The van der Waals surface area contributed by atoms with Crippen molar-refractivity contribution >= 4 is 11.6 Å². The fourth-order valence-corrected chi connectivity index (χ4v) is 5.33. The summed E-state index contributed by atoms with van der Waals surface area (Å²) in [5.74, 6) is 0.344. The van der Waals surface area contributed by atoms with Crippen LogP contribution in [-0.2, 0) is 11.2 Å². The number of ether oxygens (including phenoxy) is 1. The van der Waals surface area contributed by atoms with E-state index in [1.54, 1.807) is 6.07 Å². The van der Waals surface area contributed by atoms with Gasteiger partial charge in [0, 0.05) is 5.56 Å². The van der Waals surface area contributed by atoms with Gasteiger partial charge >= 0.3 is 5.69 Å². The average Bonchev–Trinajstić information content (AvgIpc) is 2.63. The number of aliphatic hydroxyl groups is 1. The number of nitro groups is 1. The minimum atomic E-state index is -1.34. The van der Waals surface area contributed by atoms with Gasteiger partial charge < -0.3 is 15.6 Å². The fraction of sp³-hybridized carbons (Fsp3) is 0.682. The number of primary amides is 1. The van der Waals surface area contributed by atoms with Crippen LogP contribution in [0.1, 0.15) is 70.9 Å². The highest BCUT2D eigenvalue weighted by molar-refractivity contribution is 5.83. The number of rotatable bonds is 5. The summed E-state index contributed by atoms with van der Waals surface area (Å²) in [5, 5.41) is 22.3. The summed E-state index contributed by atoms with van der Waals surface area (Å²) < 4.78 is 5.69. The van der Waals surface area contributed by atoms with Crippen LogP contribution in [-0.4, -0.2) is 27.6 Å². The van der Waals surface area contributed by atoms with Gasteiger partial charge in [-0.15, -0.1) is 0 Å². The summed E-state index contributed by atoms with van der Waals surface area (Å²) in [6.07, 6.45) is 2.81. The lowest BCUT2D eigenvalue weighted by Gasteiger charge is -2.52. The Morgan fingerprint density at radius 2 is 2.07 bits per heavy atom. The molecular weight excluding hydrogens is 372 g/mol. The second kappa shape index (κ2) is 7.27. The van der Waals surface area contributed by atoms with Crippen molar-refractivity contribution in [2.24, 2.45) is 23.0 Å². The molecule has 0 saturated heterocycles. The highest BCUT2D eigenvalue weighted by Crippen LogP contribution is 2.57. The number of nitrogens with two attached hydrogens (primary N) is 1. The van der Waals surface area contributed by atoms with Gasteiger partial charge in [-0.2, -0.15) is 0 Å². The van der Waals surface area contributed by atoms with Crippen molar-refractivity contribution in [3.8, 4) is 5.75 Å². The van der Waals surface area contributed by atoms with Crippen LogP contribution in [0.5, 0.6) is 5.75 Å². The van der Waals surface area contributed by atoms with Crippen LogP contribution in [0.15, 0.2) is 12.1 Å². The first-order valence-corrected chi connectivity index (χ1v) is 10.4. The van der Waals surface area contributed by atoms with E-state index in [-0.39, 0.29) is 28.9 Å². The molecule has 0 aromatic heterocycles. The summed E-state index contributed by atoms with van der Waals surface area (Å²) in [6.45, 7) is 9.24. The molecule has 0 bridgehead atoms. The number of aliphatic hydroxyl groups excluding tert-OH is 1. The van der Waals surface area contributed by atoms with Gasteiger partial charge in [0.2, 0.25) is 0 Å². The van der Waals surface area contributed by atoms with E-state index in [1.165, 1.54) is 13.8 Å². The monoisotopic (exact) mass is 404 g/mol. The summed E-state index contributed by atoms with van der Waals surface area (Å²) in [7, 11) is 0. The Labute approximate surface area is 171 Å². The predicted octanol–water partition coefficient (Wildman–Crippen LogP) is 3.70. The number of nitro benzene ring substituents is 1. The smallest absolute Gasteiger partial charge is 0.314 e. The minimum absolute atomic E-state index is 0.0493. The topological polar surface area (TPSA) is 116 Å². The molecule has 1 saturated carbocycles. The molecule has 2 aliphatic rings. The third-order valence-corrected chi connectivity index (χ3v) is 7.70. The third kappa shape index (κ3) is 3.50. The maximum absolute atomic E-state index is 11.9. The Bertz CT molecular complexity index is 835. The molecule has 160 valence electrons. The van der Waals surface area contributed by atoms with Gasteiger partial charge in [0.1, 0.15) is 0 Å². The second-order valence-electron chi connectivity index (χ2n) is 9.53. The largest absolute Gasteiger partial charge is 0.471 e. The van der Waals surface area contributed by atoms with Gasteiger partial charge in [-0.1, -0.05) is 19.9 Å². The van der Waals surface area contributed by atoms with Crippen molar-refractivity contribution in [3.05, 3.63) is 33.4 Å². The molecule has 1 aromatic carbocycles. The number of amides is 1. The maximum atomic E-state index is 11.9. The Morgan fingerprint density at radius 1 is 1.41 bits per heavy atom. The van der Waals surface area contributed by atoms with E-state index in [4.69, 9.17) is 10.5 Å². The van der Waals surface area contributed by atoms with Crippen molar-refractivity contribution in [1.82, 2.24) is 0 Å². The lowest BCUT2D eigenvalue weighted by atomic mass is 9.54. The summed E-state index contributed by atoms with van der Waals surface area (Å²) in [5.41, 5.74) is 5.57. The van der Waals surface area contributed by atoms with E-state index < -0.39 is 16.4 Å². The number of benzene rings is 1. The molecule has 2 aliphatic carbocycles. The van der Waals surface area contributed by atoms with Gasteiger partial charge in [0.15, 0.2) is 11.4 Å². The summed E-state index contributed by atoms with van der Waals surface area (Å²) >= 11 is 0. The van der Waals surface area contributed by atoms with E-state index in [0.717, 1.165) is 24.8 Å². The van der Waals surface area contributed by atoms with E-state index in [0.29, 0.717) is 23.8 Å². The zero-order valence-corrected chi connectivity index (χ0v) is 17.9. The molecule has 3 rings (SSSR count). The normalized spacial score (nSPS) is 30.1. The van der Waals surface area contributed by atoms with Crippen molar-refractivity contribution in [2.75, 3.05) is 0 Å². The van der Waals surface area contributed by atoms with Gasteiger partial charge in [-0.3, -0.25) is 14.9 Å². The molecule has 1 aromatic rings. The van der Waals surface area contributed by atoms with E-state index in [9.17, 15) is 20.0 Å². The molecular formula is C22H32N2O5. The minimum Gasteiger partial charge on any atom is -0.471 e. The van der Waals surface area contributed by atoms with Crippen molar-refractivity contribution < 1.29 is 19.6 Å². The standard InChI is InChI=1S/C22H32N2O5/c1-12-14-6-7-17-15(16(14)10-11-22(12,5)13(2)25)8-9-18(19(17)24(27)28)29-21(3,4)20(23)26/h8-9,12-14,16,25H,6-7,10-11H2,1-5H3,(H2,23,26). The van der Waals surface area contributed by atoms with Crippen molar-refractivity contribution in [3.63, 3.8) is 0 Å². The molecule has 7 nitrogen and oxygen atoms in total. The molecule has 1 fully saturated rings. The molecule has 3 N–H and O–H groups in total. The highest BCUT2D eigenvalue weighted by Gasteiger charge is 2.49. The van der Waals surface area contributed by atoms with Crippen LogP contribution in [0, 0.1) is 27.4 Å². The quantitative estimate of drug-likeness (QED) is 0.573. The molecule has 7 heteroatoms. The molecule has 5 unspecified atom stereocenters. The lowest BCUT2D eigenvalue weighted by molar-refractivity contribution is -0.387. The highest BCUT2D eigenvalue weighted by atomic mass is 16.6. The number of nitrogens with zero attached hydrogens (tertiary/aromatic N) is 1. The van der Waals surface area contributed by atoms with Crippen LogP contribution < -0.4 is 10.5 Å². The Kier molecular flexibility index (Phi) is 5.41. The first kappa shape index (κ1) is 21.6. The van der Waals surface area contributed by atoms with E-state index in [2.05, 4.69) is 13.8 Å². The molecule has 29 heavy (non-hydrogen) atoms. The maximum Gasteiger partial charge on any atom is 0.314 e. The van der Waals surface area contributed by atoms with Crippen molar-refractivity contribution in [1.29, 1.82) is 0 Å². The van der Waals surface area contributed by atoms with Crippen LogP contribution in [0.4, 0.5) is 5.69 Å². The number of hydrogen-bond acceptors (Lipinski definition) is 5. The Morgan fingerprint density at radius 3 is 2.62 bits per heavy atom. The van der Waals surface area contributed by atoms with Gasteiger partial charge in [0.05, 0.1) is 11.0 Å². The molecule has 0 aliphatic heterocycles. The van der Waals surface area contributed by atoms with Gasteiger partial charge in [-0.05, 0) is 81.3 Å². The second-order valence-corrected chi connectivity index (χ2v) is 9.53. The molecule has 0 heterocycles. The molecule has 1 amide bonds. The van der Waals surface area contributed by atoms with Crippen LogP contribution in [0.25, 0.3) is 0 Å². The SMILES string of the molecule is CC(O)C1(C)CCC2c3ccc(OC(C)(C)C(N)=O)c([N+](=O)[O-])c3CCC2C1C. The number of hydrogen-bond donors (Lipinski definition) is 2. The summed E-state index contributed by atoms with van der Waals surface area (Å²) in [6, 6.07) is 3.53. The number of fused-ring (bicyclic) bond motifs is 3. The van der Waals surface area contributed by atoms with Crippen LogP contribution >= 0.6 is 0 Å². The first-order chi connectivity index (χ1) is 13.4. The van der Waals surface area contributed by atoms with E-state index in [1.807, 2.05) is 13.0 Å². The first-order valence-electron chi connectivity index (χ1n) is 10.4. The summed E-state index contributed by atoms with van der Waals surface area (Å²) in [4.78, 5) is 23.2. The molecule has 0 radical (unpaired) electrons. The predicted molar refractivity (Wildman–Crippen MR) is 110 cm³/mol. The fourth-order valence-electron chi connectivity index (χ4n) is 5.33. The Hall–Kier alpha value is -2.15. The Balaban J connectivity index is 2.02.